The molecule has 0 aliphatic carbocycles. The van der Waals surface area contributed by atoms with Gasteiger partial charge < -0.3 is 10.1 Å². The lowest BCUT2D eigenvalue weighted by Crippen LogP contribution is -2.25. The highest BCUT2D eigenvalue weighted by Gasteiger charge is 2.04. The number of para-hydroxylation sites is 1. The Morgan fingerprint density at radius 2 is 2.04 bits per heavy atom. The first kappa shape index (κ1) is 18.3. The van der Waals surface area contributed by atoms with E-state index >= 15 is 0 Å². The number of carbonyl (C=O) groups is 1. The summed E-state index contributed by atoms with van der Waals surface area (Å²) >= 11 is 1.57. The zero-order valence-corrected chi connectivity index (χ0v) is 14.6. The molecule has 0 aliphatic rings. The number of hydrogen-bond acceptors (Lipinski definition) is 3. The van der Waals surface area contributed by atoms with Crippen LogP contribution in [0, 0.1) is 5.82 Å². The molecule has 0 aliphatic heterocycles. The van der Waals surface area contributed by atoms with Crippen molar-refractivity contribution in [2.45, 2.75) is 24.2 Å². The van der Waals surface area contributed by atoms with Gasteiger partial charge in [-0.25, -0.2) is 4.39 Å². The van der Waals surface area contributed by atoms with Crippen LogP contribution < -0.4 is 10.1 Å². The first-order chi connectivity index (χ1) is 11.7. The van der Waals surface area contributed by atoms with E-state index < -0.39 is 0 Å². The van der Waals surface area contributed by atoms with E-state index in [9.17, 15) is 9.18 Å². The summed E-state index contributed by atoms with van der Waals surface area (Å²) in [6.07, 6.45) is 1.99. The Balaban J connectivity index is 1.61. The van der Waals surface area contributed by atoms with Crippen LogP contribution in [-0.2, 0) is 11.2 Å². The van der Waals surface area contributed by atoms with E-state index in [-0.39, 0.29) is 11.7 Å². The number of methoxy groups -OCH3 is 1. The summed E-state index contributed by atoms with van der Waals surface area (Å²) in [6, 6.07) is 14.3. The van der Waals surface area contributed by atoms with Crippen LogP contribution in [0.15, 0.2) is 53.4 Å². The number of nitrogens with one attached hydrogen (secondary N) is 1. The molecule has 0 heterocycles. The average Bonchev–Trinajstić information content (AvgIpc) is 2.59. The summed E-state index contributed by atoms with van der Waals surface area (Å²) < 4.78 is 18.3. The molecular weight excluding hydrogens is 325 g/mol. The van der Waals surface area contributed by atoms with Gasteiger partial charge in [0.2, 0.25) is 5.91 Å². The minimum absolute atomic E-state index is 0.0461. The molecule has 0 radical (unpaired) electrons. The Bertz CT molecular complexity index is 663. The second-order valence-corrected chi connectivity index (χ2v) is 6.49. The van der Waals surface area contributed by atoms with Crippen LogP contribution in [0.3, 0.4) is 0 Å². The maximum atomic E-state index is 13.1. The van der Waals surface area contributed by atoms with Crippen LogP contribution in [0.2, 0.25) is 0 Å². The van der Waals surface area contributed by atoms with Crippen LogP contribution in [0.5, 0.6) is 5.75 Å². The summed E-state index contributed by atoms with van der Waals surface area (Å²) in [4.78, 5) is 12.7. The summed E-state index contributed by atoms with van der Waals surface area (Å²) in [5, 5.41) is 2.93. The molecule has 0 atom stereocenters. The Hall–Kier alpha value is -2.01. The van der Waals surface area contributed by atoms with Gasteiger partial charge in [-0.15, -0.1) is 11.8 Å². The van der Waals surface area contributed by atoms with Gasteiger partial charge in [-0.2, -0.15) is 0 Å². The molecule has 2 rings (SSSR count). The van der Waals surface area contributed by atoms with Crippen molar-refractivity contribution in [2.75, 3.05) is 19.4 Å². The third kappa shape index (κ3) is 6.24. The molecule has 0 fully saturated rings. The van der Waals surface area contributed by atoms with Crippen molar-refractivity contribution in [1.82, 2.24) is 5.32 Å². The lowest BCUT2D eigenvalue weighted by molar-refractivity contribution is -0.121. The third-order valence-corrected chi connectivity index (χ3v) is 4.60. The van der Waals surface area contributed by atoms with Gasteiger partial charge in [-0.05, 0) is 48.4 Å². The Morgan fingerprint density at radius 1 is 1.21 bits per heavy atom. The quantitative estimate of drug-likeness (QED) is 0.549. The number of amides is 1. The van der Waals surface area contributed by atoms with Gasteiger partial charge in [-0.1, -0.05) is 24.3 Å². The van der Waals surface area contributed by atoms with Crippen molar-refractivity contribution in [3.8, 4) is 5.75 Å². The maximum absolute atomic E-state index is 13.1. The molecule has 1 N–H and O–H groups in total. The molecular formula is C19H22FNO2S. The molecule has 5 heteroatoms. The zero-order chi connectivity index (χ0) is 17.2. The molecule has 3 nitrogen and oxygen atoms in total. The number of rotatable bonds is 9. The van der Waals surface area contributed by atoms with Crippen molar-refractivity contribution < 1.29 is 13.9 Å². The van der Waals surface area contributed by atoms with Crippen molar-refractivity contribution >= 4 is 17.7 Å². The van der Waals surface area contributed by atoms with Crippen LogP contribution in [0.25, 0.3) is 0 Å². The Labute approximate surface area is 146 Å². The number of carbonyl (C=O) groups excluding carboxylic acids is 1. The van der Waals surface area contributed by atoms with E-state index in [2.05, 4.69) is 5.32 Å². The molecule has 0 saturated carbocycles. The number of hydrogen-bond donors (Lipinski definition) is 1. The largest absolute Gasteiger partial charge is 0.496 e. The fourth-order valence-corrected chi connectivity index (χ4v) is 3.21. The van der Waals surface area contributed by atoms with Gasteiger partial charge in [0.25, 0.3) is 0 Å². The fraction of sp³-hybridized carbons (Fsp3) is 0.316. The van der Waals surface area contributed by atoms with E-state index in [1.54, 1.807) is 24.9 Å². The van der Waals surface area contributed by atoms with E-state index in [0.717, 1.165) is 34.8 Å². The molecule has 2 aromatic rings. The first-order valence-electron chi connectivity index (χ1n) is 7.96. The molecule has 2 aromatic carbocycles. The second kappa shape index (κ2) is 9.98. The van der Waals surface area contributed by atoms with Crippen molar-refractivity contribution in [3.05, 3.63) is 59.9 Å². The Morgan fingerprint density at radius 3 is 2.83 bits per heavy atom. The van der Waals surface area contributed by atoms with Crippen LogP contribution in [-0.4, -0.2) is 25.3 Å². The highest BCUT2D eigenvalue weighted by Crippen LogP contribution is 2.20. The molecule has 0 spiro atoms. The molecule has 24 heavy (non-hydrogen) atoms. The van der Waals surface area contributed by atoms with E-state index in [1.807, 2.05) is 30.3 Å². The summed E-state index contributed by atoms with van der Waals surface area (Å²) in [5.41, 5.74) is 1.09. The van der Waals surface area contributed by atoms with Gasteiger partial charge in [0.1, 0.15) is 11.6 Å². The number of thioether (sulfide) groups is 1. The predicted octanol–water partition coefficient (Wildman–Crippen LogP) is 4.07. The van der Waals surface area contributed by atoms with E-state index in [4.69, 9.17) is 4.74 Å². The first-order valence-corrected chi connectivity index (χ1v) is 8.94. The normalized spacial score (nSPS) is 10.4. The SMILES string of the molecule is COc1ccccc1CCNC(=O)CCCSc1cccc(F)c1. The van der Waals surface area contributed by atoms with Gasteiger partial charge in [-0.3, -0.25) is 4.79 Å². The van der Waals surface area contributed by atoms with Crippen LogP contribution >= 0.6 is 11.8 Å². The minimum Gasteiger partial charge on any atom is -0.496 e. The summed E-state index contributed by atoms with van der Waals surface area (Å²) in [6.45, 7) is 0.593. The number of ether oxygens (including phenoxy) is 1. The molecule has 0 bridgehead atoms. The highest BCUT2D eigenvalue weighted by molar-refractivity contribution is 7.99. The molecule has 128 valence electrons. The fourth-order valence-electron chi connectivity index (χ4n) is 2.31. The molecule has 1 amide bonds. The van der Waals surface area contributed by atoms with Gasteiger partial charge in [0.15, 0.2) is 0 Å². The standard InChI is InChI=1S/C19H22FNO2S/c1-23-18-9-3-2-6-15(18)11-12-21-19(22)10-5-13-24-17-8-4-7-16(20)14-17/h2-4,6-9,14H,5,10-13H2,1H3,(H,21,22). The van der Waals surface area contributed by atoms with Crippen molar-refractivity contribution in [1.29, 1.82) is 0 Å². The zero-order valence-electron chi connectivity index (χ0n) is 13.8. The summed E-state index contributed by atoms with van der Waals surface area (Å²) in [5.74, 6) is 1.46. The van der Waals surface area contributed by atoms with Crippen LogP contribution in [0.4, 0.5) is 4.39 Å². The topological polar surface area (TPSA) is 38.3 Å². The van der Waals surface area contributed by atoms with Crippen LogP contribution in [0.1, 0.15) is 18.4 Å². The van der Waals surface area contributed by atoms with Gasteiger partial charge in [0, 0.05) is 17.9 Å². The third-order valence-electron chi connectivity index (χ3n) is 3.52. The lowest BCUT2D eigenvalue weighted by atomic mass is 10.1. The maximum Gasteiger partial charge on any atom is 0.220 e. The molecule has 0 unspecified atom stereocenters. The minimum atomic E-state index is -0.228. The van der Waals surface area contributed by atoms with E-state index in [1.165, 1.54) is 12.1 Å². The smallest absolute Gasteiger partial charge is 0.220 e. The highest BCUT2D eigenvalue weighted by atomic mass is 32.2. The van der Waals surface area contributed by atoms with Gasteiger partial charge >= 0.3 is 0 Å². The second-order valence-electron chi connectivity index (χ2n) is 5.32. The summed E-state index contributed by atoms with van der Waals surface area (Å²) in [7, 11) is 1.65. The van der Waals surface area contributed by atoms with Gasteiger partial charge in [0.05, 0.1) is 7.11 Å². The monoisotopic (exact) mass is 347 g/mol. The predicted molar refractivity (Wildman–Crippen MR) is 96.1 cm³/mol. The van der Waals surface area contributed by atoms with E-state index in [0.29, 0.717) is 13.0 Å². The van der Waals surface area contributed by atoms with Crippen molar-refractivity contribution in [2.24, 2.45) is 0 Å². The lowest BCUT2D eigenvalue weighted by Gasteiger charge is -2.09. The average molecular weight is 347 g/mol. The Kier molecular flexibility index (Phi) is 7.62. The van der Waals surface area contributed by atoms with Crippen molar-refractivity contribution in [3.63, 3.8) is 0 Å². The molecule has 0 aromatic heterocycles. The number of benzene rings is 2. The number of halogens is 1. The molecule has 0 saturated heterocycles.